The highest BCUT2D eigenvalue weighted by molar-refractivity contribution is 6.10. The summed E-state index contributed by atoms with van der Waals surface area (Å²) < 4.78 is 5.02. The number of carbonyl (C=O) groups excluding carboxylic acids is 3. The number of aryl methyl sites for hydroxylation is 1. The van der Waals surface area contributed by atoms with Crippen molar-refractivity contribution in [3.63, 3.8) is 0 Å². The molecule has 27 heavy (non-hydrogen) atoms. The van der Waals surface area contributed by atoms with Gasteiger partial charge < -0.3 is 10.1 Å². The van der Waals surface area contributed by atoms with Crippen LogP contribution >= 0.6 is 0 Å². The number of benzene rings is 2. The van der Waals surface area contributed by atoms with Crippen molar-refractivity contribution in [1.82, 2.24) is 0 Å². The molecule has 3 rings (SSSR count). The number of esters is 1. The van der Waals surface area contributed by atoms with E-state index in [0.717, 1.165) is 0 Å². The highest BCUT2D eigenvalue weighted by Crippen LogP contribution is 2.29. The Hall–Kier alpha value is -3.75. The lowest BCUT2D eigenvalue weighted by Crippen LogP contribution is -2.44. The van der Waals surface area contributed by atoms with Crippen molar-refractivity contribution in [2.45, 2.75) is 6.92 Å². The largest absolute Gasteiger partial charge is 0.452 e. The number of ether oxygens (including phenoxy) is 1. The Balaban J connectivity index is 1.69. The highest BCUT2D eigenvalue weighted by atomic mass is 16.6. The molecule has 0 aromatic heterocycles. The molecule has 2 aromatic rings. The smallest absolute Gasteiger partial charge is 0.338 e. The maximum Gasteiger partial charge on any atom is 0.338 e. The van der Waals surface area contributed by atoms with Gasteiger partial charge in [-0.25, -0.2) is 4.79 Å². The Morgan fingerprint density at radius 1 is 1.26 bits per heavy atom. The van der Waals surface area contributed by atoms with E-state index in [2.05, 4.69) is 5.32 Å². The third-order valence-electron chi connectivity index (χ3n) is 4.03. The van der Waals surface area contributed by atoms with Gasteiger partial charge in [0.15, 0.2) is 6.61 Å². The number of para-hydroxylation sites is 2. The van der Waals surface area contributed by atoms with Crippen molar-refractivity contribution in [2.24, 2.45) is 0 Å². The summed E-state index contributed by atoms with van der Waals surface area (Å²) in [6, 6.07) is 10.6. The van der Waals surface area contributed by atoms with E-state index in [1.165, 1.54) is 30.0 Å². The van der Waals surface area contributed by atoms with Gasteiger partial charge in [0.2, 0.25) is 5.91 Å². The average Bonchev–Trinajstić information content (AvgIpc) is 2.64. The number of amides is 2. The minimum Gasteiger partial charge on any atom is -0.452 e. The van der Waals surface area contributed by atoms with Crippen molar-refractivity contribution in [1.29, 1.82) is 0 Å². The van der Waals surface area contributed by atoms with Crippen molar-refractivity contribution < 1.29 is 24.0 Å². The molecule has 0 atom stereocenters. The number of hydrogen-bond acceptors (Lipinski definition) is 6. The first-order valence-corrected chi connectivity index (χ1v) is 7.98. The normalized spacial score (nSPS) is 12.8. The average molecular weight is 369 g/mol. The molecule has 0 bridgehead atoms. The minimum atomic E-state index is -0.781. The molecule has 1 N–H and O–H groups in total. The number of fused-ring (bicyclic) bond motifs is 1. The fourth-order valence-electron chi connectivity index (χ4n) is 2.73. The van der Waals surface area contributed by atoms with Crippen LogP contribution in [-0.2, 0) is 14.3 Å². The topological polar surface area (TPSA) is 119 Å². The van der Waals surface area contributed by atoms with Gasteiger partial charge in [-0.1, -0.05) is 12.1 Å². The number of hydrogen-bond donors (Lipinski definition) is 1. The van der Waals surface area contributed by atoms with Crippen LogP contribution in [-0.4, -0.2) is 35.9 Å². The maximum absolute atomic E-state index is 12.4. The van der Waals surface area contributed by atoms with Crippen molar-refractivity contribution in [3.05, 3.63) is 63.7 Å². The lowest BCUT2D eigenvalue weighted by molar-refractivity contribution is -0.385. The number of rotatable bonds is 4. The Morgan fingerprint density at radius 3 is 2.70 bits per heavy atom. The molecule has 1 heterocycles. The summed E-state index contributed by atoms with van der Waals surface area (Å²) in [7, 11) is 0. The van der Waals surface area contributed by atoms with Gasteiger partial charge in [0.05, 0.1) is 21.9 Å². The Labute approximate surface area is 153 Å². The van der Waals surface area contributed by atoms with E-state index in [0.29, 0.717) is 16.9 Å². The predicted molar refractivity (Wildman–Crippen MR) is 95.5 cm³/mol. The van der Waals surface area contributed by atoms with Crippen LogP contribution < -0.4 is 10.2 Å². The van der Waals surface area contributed by atoms with E-state index >= 15 is 0 Å². The summed E-state index contributed by atoms with van der Waals surface area (Å²) in [5.74, 6) is -1.68. The SMILES string of the molecule is Cc1cc(C(=O)OCC(=O)N2CC(=O)Nc3ccccc32)ccc1[N+](=O)[O-]. The second-order valence-electron chi connectivity index (χ2n) is 5.88. The number of nitro benzene ring substituents is 1. The molecule has 0 unspecified atom stereocenters. The number of carbonyl (C=O) groups is 3. The van der Waals surface area contributed by atoms with E-state index in [4.69, 9.17) is 4.74 Å². The van der Waals surface area contributed by atoms with E-state index in [-0.39, 0.29) is 23.7 Å². The van der Waals surface area contributed by atoms with E-state index in [9.17, 15) is 24.5 Å². The molecule has 2 amide bonds. The molecule has 0 fully saturated rings. The summed E-state index contributed by atoms with van der Waals surface area (Å²) >= 11 is 0. The number of anilines is 2. The third kappa shape index (κ3) is 3.76. The molecule has 0 radical (unpaired) electrons. The summed E-state index contributed by atoms with van der Waals surface area (Å²) in [5.41, 5.74) is 1.31. The number of nitrogens with one attached hydrogen (secondary N) is 1. The van der Waals surface area contributed by atoms with Crippen molar-refractivity contribution in [2.75, 3.05) is 23.4 Å². The summed E-state index contributed by atoms with van der Waals surface area (Å²) in [6.07, 6.45) is 0. The first-order valence-electron chi connectivity index (χ1n) is 7.98. The quantitative estimate of drug-likeness (QED) is 0.500. The zero-order valence-corrected chi connectivity index (χ0v) is 14.3. The molecule has 138 valence electrons. The van der Waals surface area contributed by atoms with Crippen molar-refractivity contribution >= 4 is 34.8 Å². The molecular formula is C18H15N3O6. The predicted octanol–water partition coefficient (Wildman–Crippen LogP) is 2.05. The lowest BCUT2D eigenvalue weighted by Gasteiger charge is -2.28. The van der Waals surface area contributed by atoms with Gasteiger partial charge in [0, 0.05) is 11.6 Å². The molecule has 0 aliphatic carbocycles. The van der Waals surface area contributed by atoms with Crippen LogP contribution in [0, 0.1) is 17.0 Å². The van der Waals surface area contributed by atoms with E-state index in [1.54, 1.807) is 24.3 Å². The first kappa shape index (κ1) is 18.1. The zero-order valence-electron chi connectivity index (χ0n) is 14.3. The molecule has 9 nitrogen and oxygen atoms in total. The van der Waals surface area contributed by atoms with Crippen LogP contribution in [0.15, 0.2) is 42.5 Å². The van der Waals surface area contributed by atoms with Crippen LogP contribution in [0.1, 0.15) is 15.9 Å². The zero-order chi connectivity index (χ0) is 19.6. The standard InChI is InChI=1S/C18H15N3O6/c1-11-8-12(6-7-14(11)21(25)26)18(24)27-10-17(23)20-9-16(22)19-13-4-2-3-5-15(13)20/h2-8H,9-10H2,1H3,(H,19,22). The van der Waals surface area contributed by atoms with Crippen LogP contribution in [0.3, 0.4) is 0 Å². The van der Waals surface area contributed by atoms with E-state index < -0.39 is 23.4 Å². The van der Waals surface area contributed by atoms with Crippen LogP contribution in [0.25, 0.3) is 0 Å². The van der Waals surface area contributed by atoms with Crippen molar-refractivity contribution in [3.8, 4) is 0 Å². The van der Waals surface area contributed by atoms with Gasteiger partial charge in [-0.05, 0) is 31.2 Å². The van der Waals surface area contributed by atoms with Crippen LogP contribution in [0.2, 0.25) is 0 Å². The molecule has 0 saturated carbocycles. The minimum absolute atomic E-state index is 0.0997. The molecule has 0 spiro atoms. The summed E-state index contributed by atoms with van der Waals surface area (Å²) in [6.45, 7) is 0.768. The maximum atomic E-state index is 12.4. The molecule has 2 aromatic carbocycles. The van der Waals surface area contributed by atoms with Gasteiger partial charge in [-0.3, -0.25) is 24.6 Å². The van der Waals surface area contributed by atoms with Crippen LogP contribution in [0.4, 0.5) is 17.1 Å². The number of nitro groups is 1. The second-order valence-corrected chi connectivity index (χ2v) is 5.88. The highest BCUT2D eigenvalue weighted by Gasteiger charge is 2.27. The van der Waals surface area contributed by atoms with Gasteiger partial charge in [0.1, 0.15) is 6.54 Å². The second kappa shape index (κ2) is 7.24. The van der Waals surface area contributed by atoms with Gasteiger partial charge in [-0.15, -0.1) is 0 Å². The summed E-state index contributed by atoms with van der Waals surface area (Å²) in [5, 5.41) is 13.5. The van der Waals surface area contributed by atoms with Gasteiger partial charge in [0.25, 0.3) is 11.6 Å². The number of nitrogens with zero attached hydrogens (tertiary/aromatic N) is 2. The summed E-state index contributed by atoms with van der Waals surface area (Å²) in [4.78, 5) is 47.8. The Kier molecular flexibility index (Phi) is 4.84. The monoisotopic (exact) mass is 369 g/mol. The van der Waals surface area contributed by atoms with E-state index in [1.807, 2.05) is 0 Å². The fraction of sp³-hybridized carbons (Fsp3) is 0.167. The van der Waals surface area contributed by atoms with Crippen LogP contribution in [0.5, 0.6) is 0 Å². The Bertz CT molecular complexity index is 956. The fourth-order valence-corrected chi connectivity index (χ4v) is 2.73. The van der Waals surface area contributed by atoms with Gasteiger partial charge >= 0.3 is 5.97 Å². The molecule has 9 heteroatoms. The molecular weight excluding hydrogens is 354 g/mol. The Morgan fingerprint density at radius 2 is 2.00 bits per heavy atom. The van der Waals surface area contributed by atoms with Gasteiger partial charge in [-0.2, -0.15) is 0 Å². The molecule has 1 aliphatic heterocycles. The third-order valence-corrected chi connectivity index (χ3v) is 4.03. The first-order chi connectivity index (χ1) is 12.9. The molecule has 0 saturated heterocycles. The molecule has 1 aliphatic rings. The lowest BCUT2D eigenvalue weighted by atomic mass is 10.1.